The molecule has 2 aromatic heterocycles. The molecule has 7 heteroatoms. The van der Waals surface area contributed by atoms with Crippen molar-refractivity contribution < 1.29 is 14.7 Å². The third-order valence-electron chi connectivity index (χ3n) is 2.65. The maximum atomic E-state index is 11.7. The van der Waals surface area contributed by atoms with Gasteiger partial charge in [-0.1, -0.05) is 6.07 Å². The van der Waals surface area contributed by atoms with Crippen molar-refractivity contribution in [2.45, 2.75) is 13.3 Å². The van der Waals surface area contributed by atoms with E-state index in [1.165, 1.54) is 4.88 Å². The highest BCUT2D eigenvalue weighted by Gasteiger charge is 2.14. The number of urea groups is 1. The molecule has 0 bridgehead atoms. The van der Waals surface area contributed by atoms with Crippen molar-refractivity contribution in [3.8, 4) is 0 Å². The van der Waals surface area contributed by atoms with Crippen LogP contribution in [0.15, 0.2) is 23.6 Å². The number of aromatic amines is 1. The molecule has 0 aliphatic rings. The summed E-state index contributed by atoms with van der Waals surface area (Å²) in [4.78, 5) is 26.6. The second-order valence-electron chi connectivity index (χ2n) is 4.26. The van der Waals surface area contributed by atoms with Crippen LogP contribution in [0.25, 0.3) is 0 Å². The van der Waals surface area contributed by atoms with E-state index in [1.807, 2.05) is 17.5 Å². The van der Waals surface area contributed by atoms with Gasteiger partial charge in [-0.25, -0.2) is 9.59 Å². The van der Waals surface area contributed by atoms with Gasteiger partial charge in [0, 0.05) is 17.1 Å². The number of H-pyrrole nitrogens is 1. The number of aromatic nitrogens is 1. The van der Waals surface area contributed by atoms with Gasteiger partial charge in [0.1, 0.15) is 5.69 Å². The minimum Gasteiger partial charge on any atom is -0.477 e. The predicted octanol–water partition coefficient (Wildman–Crippen LogP) is 2.45. The van der Waals surface area contributed by atoms with Crippen LogP contribution in [-0.2, 0) is 6.42 Å². The number of rotatable bonds is 5. The van der Waals surface area contributed by atoms with Crippen molar-refractivity contribution >= 4 is 29.0 Å². The average molecular weight is 293 g/mol. The van der Waals surface area contributed by atoms with E-state index in [1.54, 1.807) is 24.3 Å². The van der Waals surface area contributed by atoms with Gasteiger partial charge >= 0.3 is 12.0 Å². The van der Waals surface area contributed by atoms with Crippen molar-refractivity contribution in [1.29, 1.82) is 0 Å². The summed E-state index contributed by atoms with van der Waals surface area (Å²) >= 11 is 1.63. The van der Waals surface area contributed by atoms with Crippen LogP contribution in [0, 0.1) is 6.92 Å². The second-order valence-corrected chi connectivity index (χ2v) is 5.29. The molecule has 20 heavy (non-hydrogen) atoms. The molecule has 0 aliphatic carbocycles. The zero-order valence-electron chi connectivity index (χ0n) is 10.9. The highest BCUT2D eigenvalue weighted by Crippen LogP contribution is 2.16. The molecule has 2 heterocycles. The van der Waals surface area contributed by atoms with Crippen LogP contribution in [0.2, 0.25) is 0 Å². The number of anilines is 1. The zero-order valence-corrected chi connectivity index (χ0v) is 11.7. The Morgan fingerprint density at radius 3 is 2.90 bits per heavy atom. The Morgan fingerprint density at radius 1 is 1.45 bits per heavy atom. The van der Waals surface area contributed by atoms with E-state index in [0.717, 1.165) is 6.42 Å². The first-order valence-electron chi connectivity index (χ1n) is 6.06. The Morgan fingerprint density at radius 2 is 2.25 bits per heavy atom. The quantitative estimate of drug-likeness (QED) is 0.682. The van der Waals surface area contributed by atoms with Crippen molar-refractivity contribution in [2.24, 2.45) is 0 Å². The van der Waals surface area contributed by atoms with Gasteiger partial charge in [0.25, 0.3) is 0 Å². The lowest BCUT2D eigenvalue weighted by Gasteiger charge is -2.06. The number of aryl methyl sites for hydroxylation is 1. The number of amides is 2. The molecule has 0 atom stereocenters. The Balaban J connectivity index is 1.86. The number of thiophene rings is 1. The van der Waals surface area contributed by atoms with Crippen molar-refractivity contribution in [2.75, 3.05) is 11.9 Å². The first-order chi connectivity index (χ1) is 9.56. The highest BCUT2D eigenvalue weighted by atomic mass is 32.1. The van der Waals surface area contributed by atoms with E-state index in [4.69, 9.17) is 5.11 Å². The van der Waals surface area contributed by atoms with Gasteiger partial charge in [-0.2, -0.15) is 0 Å². The van der Waals surface area contributed by atoms with Gasteiger partial charge in [-0.15, -0.1) is 11.3 Å². The maximum absolute atomic E-state index is 11.7. The van der Waals surface area contributed by atoms with E-state index in [9.17, 15) is 9.59 Å². The molecule has 2 aromatic rings. The Kier molecular flexibility index (Phi) is 4.41. The fraction of sp³-hybridized carbons (Fsp3) is 0.231. The molecule has 106 valence electrons. The summed E-state index contributed by atoms with van der Waals surface area (Å²) in [6.45, 7) is 2.23. The number of carboxylic acids is 1. The van der Waals surface area contributed by atoms with Gasteiger partial charge in [0.2, 0.25) is 0 Å². The maximum Gasteiger partial charge on any atom is 0.354 e. The topological polar surface area (TPSA) is 94.2 Å². The van der Waals surface area contributed by atoms with Crippen LogP contribution < -0.4 is 10.6 Å². The third kappa shape index (κ3) is 3.61. The Hall–Kier alpha value is -2.28. The van der Waals surface area contributed by atoms with E-state index >= 15 is 0 Å². The molecule has 0 aromatic carbocycles. The lowest BCUT2D eigenvalue weighted by Crippen LogP contribution is -2.30. The van der Waals surface area contributed by atoms with Gasteiger partial charge in [-0.05, 0) is 30.9 Å². The lowest BCUT2D eigenvalue weighted by molar-refractivity contribution is 0.0692. The first kappa shape index (κ1) is 14.1. The van der Waals surface area contributed by atoms with Crippen LogP contribution in [0.1, 0.15) is 21.1 Å². The number of carboxylic acid groups (broad SMARTS) is 1. The molecule has 0 spiro atoms. The monoisotopic (exact) mass is 293 g/mol. The van der Waals surface area contributed by atoms with Crippen molar-refractivity contribution in [1.82, 2.24) is 10.3 Å². The van der Waals surface area contributed by atoms with Gasteiger partial charge < -0.3 is 20.7 Å². The summed E-state index contributed by atoms with van der Waals surface area (Å²) in [5, 5.41) is 16.2. The average Bonchev–Trinajstić information content (AvgIpc) is 2.99. The molecule has 6 nitrogen and oxygen atoms in total. The summed E-state index contributed by atoms with van der Waals surface area (Å²) in [5.41, 5.74) is 0.927. The van der Waals surface area contributed by atoms with Crippen molar-refractivity contribution in [3.63, 3.8) is 0 Å². The molecule has 0 radical (unpaired) electrons. The smallest absolute Gasteiger partial charge is 0.354 e. The molecular formula is C13H15N3O3S. The normalized spacial score (nSPS) is 10.2. The van der Waals surface area contributed by atoms with Gasteiger partial charge in [0.15, 0.2) is 0 Å². The number of carbonyl (C=O) groups is 2. The summed E-state index contributed by atoms with van der Waals surface area (Å²) < 4.78 is 0. The number of hydrogen-bond donors (Lipinski definition) is 4. The Labute approximate surface area is 119 Å². The van der Waals surface area contributed by atoms with Gasteiger partial charge in [-0.3, -0.25) is 0 Å². The lowest BCUT2D eigenvalue weighted by atomic mass is 10.3. The summed E-state index contributed by atoms with van der Waals surface area (Å²) in [6.07, 6.45) is 0.753. The molecule has 0 aliphatic heterocycles. The van der Waals surface area contributed by atoms with E-state index in [2.05, 4.69) is 15.6 Å². The van der Waals surface area contributed by atoms with Crippen LogP contribution in [0.4, 0.5) is 10.5 Å². The predicted molar refractivity (Wildman–Crippen MR) is 77.5 cm³/mol. The standard InChI is InChI=1S/C13H15N3O3S/c1-8-7-10(11(15-8)12(17)18)16-13(19)14-5-4-9-3-2-6-20-9/h2-3,6-7,15H,4-5H2,1H3,(H,17,18)(H2,14,16,19). The van der Waals surface area contributed by atoms with Gasteiger partial charge in [0.05, 0.1) is 5.69 Å². The fourth-order valence-electron chi connectivity index (χ4n) is 1.78. The SMILES string of the molecule is Cc1cc(NC(=O)NCCc2cccs2)c(C(=O)O)[nH]1. The molecule has 0 saturated heterocycles. The number of hydrogen-bond acceptors (Lipinski definition) is 3. The van der Waals surface area contributed by atoms with Crippen LogP contribution in [-0.4, -0.2) is 28.6 Å². The molecule has 0 fully saturated rings. The third-order valence-corrected chi connectivity index (χ3v) is 3.59. The summed E-state index contributed by atoms with van der Waals surface area (Å²) in [7, 11) is 0. The second kappa shape index (κ2) is 6.25. The van der Waals surface area contributed by atoms with Crippen LogP contribution in [0.5, 0.6) is 0 Å². The minimum atomic E-state index is -1.10. The zero-order chi connectivity index (χ0) is 14.5. The number of aromatic carboxylic acids is 1. The summed E-state index contributed by atoms with van der Waals surface area (Å²) in [5.74, 6) is -1.10. The number of nitrogens with one attached hydrogen (secondary N) is 3. The number of carbonyl (C=O) groups excluding carboxylic acids is 1. The highest BCUT2D eigenvalue weighted by molar-refractivity contribution is 7.09. The van der Waals surface area contributed by atoms with Crippen molar-refractivity contribution in [3.05, 3.63) is 39.8 Å². The first-order valence-corrected chi connectivity index (χ1v) is 6.94. The minimum absolute atomic E-state index is 0.0177. The summed E-state index contributed by atoms with van der Waals surface area (Å²) in [6, 6.07) is 5.13. The molecule has 4 N–H and O–H groups in total. The molecule has 2 rings (SSSR count). The fourth-order valence-corrected chi connectivity index (χ4v) is 2.49. The molecule has 0 unspecified atom stereocenters. The molecule has 2 amide bonds. The largest absolute Gasteiger partial charge is 0.477 e. The van der Waals surface area contributed by atoms with Crippen LogP contribution >= 0.6 is 11.3 Å². The molecular weight excluding hydrogens is 278 g/mol. The Bertz CT molecular complexity index is 604. The molecule has 0 saturated carbocycles. The van der Waals surface area contributed by atoms with E-state index < -0.39 is 12.0 Å². The van der Waals surface area contributed by atoms with Crippen LogP contribution in [0.3, 0.4) is 0 Å². The van der Waals surface area contributed by atoms with E-state index in [-0.39, 0.29) is 11.4 Å². The van der Waals surface area contributed by atoms with E-state index in [0.29, 0.717) is 12.2 Å².